The molecule has 0 fully saturated rings. The number of carbonyl (C=O) groups excluding carboxylic acids is 2. The van der Waals surface area contributed by atoms with Crippen LogP contribution in [-0.2, 0) is 4.79 Å². The Morgan fingerprint density at radius 1 is 0.722 bits per heavy atom. The second-order valence-electron chi connectivity index (χ2n) is 4.05. The maximum atomic E-state index is 11.8. The first kappa shape index (κ1) is 12.0. The molecule has 18 heavy (non-hydrogen) atoms. The number of aromatic hydroxyl groups is 3. The van der Waals surface area contributed by atoms with Crippen LogP contribution in [0.4, 0.5) is 0 Å². The van der Waals surface area contributed by atoms with Crippen LogP contribution in [0, 0.1) is 6.92 Å². The predicted octanol–water partition coefficient (Wildman–Crippen LogP) is 1.17. The zero-order chi connectivity index (χ0) is 13.8. The Morgan fingerprint density at radius 3 is 1.83 bits per heavy atom. The van der Waals surface area contributed by atoms with E-state index in [9.17, 15) is 30.0 Å². The number of hydrogen-bond donors (Lipinski definition) is 4. The van der Waals surface area contributed by atoms with Crippen molar-refractivity contribution in [2.45, 2.75) is 13.8 Å². The number of hydrogen-bond acceptors (Lipinski definition) is 6. The van der Waals surface area contributed by atoms with Gasteiger partial charge in [0.1, 0.15) is 11.5 Å². The van der Waals surface area contributed by atoms with Crippen LogP contribution in [0.3, 0.4) is 0 Å². The summed E-state index contributed by atoms with van der Waals surface area (Å²) in [6, 6.07) is 0. The number of fused-ring (bicyclic) bond motifs is 1. The van der Waals surface area contributed by atoms with Crippen LogP contribution in [0.1, 0.15) is 28.4 Å². The fourth-order valence-corrected chi connectivity index (χ4v) is 1.86. The van der Waals surface area contributed by atoms with Crippen LogP contribution >= 0.6 is 0 Å². The summed E-state index contributed by atoms with van der Waals surface area (Å²) in [5.74, 6) is -4.63. The number of allylic oxidation sites excluding steroid dienone is 1. The number of rotatable bonds is 0. The zero-order valence-corrected chi connectivity index (χ0v) is 9.61. The molecular formula is C12H10O6. The highest BCUT2D eigenvalue weighted by Crippen LogP contribution is 2.46. The lowest BCUT2D eigenvalue weighted by molar-refractivity contribution is -0.111. The Kier molecular flexibility index (Phi) is 2.32. The van der Waals surface area contributed by atoms with Crippen molar-refractivity contribution < 1.29 is 30.0 Å². The van der Waals surface area contributed by atoms with Crippen molar-refractivity contribution in [2.75, 3.05) is 0 Å². The minimum atomic E-state index is -1.03. The fraction of sp³-hybridized carbons (Fsp3) is 0.167. The summed E-state index contributed by atoms with van der Waals surface area (Å²) in [5.41, 5.74) is -1.29. The molecule has 0 heterocycles. The van der Waals surface area contributed by atoms with Crippen molar-refractivity contribution in [3.63, 3.8) is 0 Å². The molecule has 0 aliphatic heterocycles. The average molecular weight is 250 g/mol. The zero-order valence-electron chi connectivity index (χ0n) is 9.61. The van der Waals surface area contributed by atoms with Gasteiger partial charge in [-0.3, -0.25) is 9.59 Å². The van der Waals surface area contributed by atoms with Crippen LogP contribution < -0.4 is 0 Å². The third-order valence-corrected chi connectivity index (χ3v) is 3.02. The highest BCUT2D eigenvalue weighted by molar-refractivity contribution is 6.52. The Morgan fingerprint density at radius 2 is 1.28 bits per heavy atom. The maximum absolute atomic E-state index is 11.8. The van der Waals surface area contributed by atoms with Crippen molar-refractivity contribution in [2.24, 2.45) is 0 Å². The monoisotopic (exact) mass is 250 g/mol. The first-order valence-electron chi connectivity index (χ1n) is 5.05. The number of carbonyl (C=O) groups is 2. The molecule has 0 unspecified atom stereocenters. The van der Waals surface area contributed by atoms with Gasteiger partial charge < -0.3 is 20.4 Å². The topological polar surface area (TPSA) is 115 Å². The summed E-state index contributed by atoms with van der Waals surface area (Å²) in [5, 5.41) is 38.8. The van der Waals surface area contributed by atoms with Crippen LogP contribution in [0.15, 0.2) is 5.57 Å². The summed E-state index contributed by atoms with van der Waals surface area (Å²) in [4.78, 5) is 23.3. The van der Waals surface area contributed by atoms with E-state index in [-0.39, 0.29) is 11.1 Å². The molecule has 0 aromatic heterocycles. The molecule has 0 bridgehead atoms. The van der Waals surface area contributed by atoms with Crippen molar-refractivity contribution in [3.05, 3.63) is 22.3 Å². The minimum absolute atomic E-state index is 0.139. The maximum Gasteiger partial charge on any atom is 0.237 e. The molecule has 0 saturated carbocycles. The van der Waals surface area contributed by atoms with Crippen molar-refractivity contribution in [1.29, 1.82) is 0 Å². The SMILES string of the molecule is CC1=C(O)c2c(O)c(O)c(C)c(O)c2C(=O)C1=O. The fourth-order valence-electron chi connectivity index (χ4n) is 1.86. The van der Waals surface area contributed by atoms with Gasteiger partial charge in [-0.1, -0.05) is 0 Å². The van der Waals surface area contributed by atoms with E-state index in [0.29, 0.717) is 0 Å². The Bertz CT molecular complexity index is 639. The molecule has 0 atom stereocenters. The number of Topliss-reactive ketones (excluding diaryl/α,β-unsaturated/α-hetero) is 2. The molecule has 1 aliphatic rings. The second-order valence-corrected chi connectivity index (χ2v) is 4.05. The van der Waals surface area contributed by atoms with Gasteiger partial charge in [-0.2, -0.15) is 0 Å². The van der Waals surface area contributed by atoms with Crippen LogP contribution in [-0.4, -0.2) is 32.0 Å². The molecule has 4 N–H and O–H groups in total. The molecular weight excluding hydrogens is 240 g/mol. The largest absolute Gasteiger partial charge is 0.507 e. The van der Waals surface area contributed by atoms with E-state index >= 15 is 0 Å². The average Bonchev–Trinajstić information content (AvgIpc) is 2.35. The smallest absolute Gasteiger partial charge is 0.237 e. The van der Waals surface area contributed by atoms with Crippen molar-refractivity contribution in [1.82, 2.24) is 0 Å². The highest BCUT2D eigenvalue weighted by atomic mass is 16.3. The van der Waals surface area contributed by atoms with E-state index in [1.807, 2.05) is 0 Å². The van der Waals surface area contributed by atoms with Gasteiger partial charge in [0, 0.05) is 11.1 Å². The molecule has 1 aromatic rings. The van der Waals surface area contributed by atoms with Crippen LogP contribution in [0.2, 0.25) is 0 Å². The number of aliphatic hydroxyl groups is 1. The number of ketones is 2. The Hall–Kier alpha value is -2.50. The van der Waals surface area contributed by atoms with Gasteiger partial charge in [0.05, 0.1) is 11.1 Å². The molecule has 0 spiro atoms. The number of aliphatic hydroxyl groups excluding tert-OH is 1. The third-order valence-electron chi connectivity index (χ3n) is 3.02. The molecule has 1 aliphatic carbocycles. The first-order chi connectivity index (χ1) is 8.29. The van der Waals surface area contributed by atoms with E-state index in [2.05, 4.69) is 0 Å². The van der Waals surface area contributed by atoms with Gasteiger partial charge in [0.25, 0.3) is 0 Å². The van der Waals surface area contributed by atoms with Gasteiger partial charge >= 0.3 is 0 Å². The molecule has 6 nitrogen and oxygen atoms in total. The lowest BCUT2D eigenvalue weighted by Gasteiger charge is -2.20. The summed E-state index contributed by atoms with van der Waals surface area (Å²) in [7, 11) is 0. The molecule has 2 rings (SSSR count). The quantitative estimate of drug-likeness (QED) is 0.312. The molecule has 6 heteroatoms. The lowest BCUT2D eigenvalue weighted by Crippen LogP contribution is -2.23. The van der Waals surface area contributed by atoms with Crippen LogP contribution in [0.25, 0.3) is 5.76 Å². The molecule has 0 amide bonds. The van der Waals surface area contributed by atoms with Gasteiger partial charge in [0.2, 0.25) is 11.6 Å². The van der Waals surface area contributed by atoms with E-state index in [1.165, 1.54) is 13.8 Å². The predicted molar refractivity (Wildman–Crippen MR) is 60.7 cm³/mol. The summed E-state index contributed by atoms with van der Waals surface area (Å²) in [6.45, 7) is 2.48. The highest BCUT2D eigenvalue weighted by Gasteiger charge is 2.37. The molecule has 0 radical (unpaired) electrons. The Labute approximate surface area is 101 Å². The van der Waals surface area contributed by atoms with E-state index in [4.69, 9.17) is 0 Å². The second kappa shape index (κ2) is 3.49. The molecule has 94 valence electrons. The van der Waals surface area contributed by atoms with Gasteiger partial charge in [-0.25, -0.2) is 0 Å². The van der Waals surface area contributed by atoms with E-state index in [0.717, 1.165) is 0 Å². The lowest BCUT2D eigenvalue weighted by atomic mass is 9.86. The Balaban J connectivity index is 3.01. The number of benzene rings is 1. The molecule has 1 aromatic carbocycles. The van der Waals surface area contributed by atoms with Crippen LogP contribution in [0.5, 0.6) is 17.2 Å². The van der Waals surface area contributed by atoms with Gasteiger partial charge in [-0.05, 0) is 13.8 Å². The first-order valence-corrected chi connectivity index (χ1v) is 5.05. The van der Waals surface area contributed by atoms with Gasteiger partial charge in [0.15, 0.2) is 11.5 Å². The minimum Gasteiger partial charge on any atom is -0.507 e. The molecule has 0 saturated heterocycles. The number of phenols is 3. The number of phenolic OH excluding ortho intramolecular Hbond substituents is 3. The van der Waals surface area contributed by atoms with Gasteiger partial charge in [-0.15, -0.1) is 0 Å². The van der Waals surface area contributed by atoms with Crippen molar-refractivity contribution >= 4 is 17.3 Å². The summed E-state index contributed by atoms with van der Waals surface area (Å²) < 4.78 is 0. The summed E-state index contributed by atoms with van der Waals surface area (Å²) in [6.07, 6.45) is 0. The standard InChI is InChI=1S/C12H10O6/c1-3-7(13)5-6(11(17)9(3)15)8(14)4(2)10(16)12(5)18/h13-15,17H,1-2H3. The summed E-state index contributed by atoms with van der Waals surface area (Å²) >= 11 is 0. The van der Waals surface area contributed by atoms with Crippen molar-refractivity contribution in [3.8, 4) is 17.2 Å². The van der Waals surface area contributed by atoms with E-state index < -0.39 is 45.7 Å². The normalized spacial score (nSPS) is 15.0. The third kappa shape index (κ3) is 1.22. The van der Waals surface area contributed by atoms with E-state index in [1.54, 1.807) is 0 Å².